The molecule has 0 saturated carbocycles. The average Bonchev–Trinajstić information content (AvgIpc) is 2.96. The van der Waals surface area contributed by atoms with Gasteiger partial charge in [-0.2, -0.15) is 13.2 Å². The molecule has 0 aliphatic carbocycles. The van der Waals surface area contributed by atoms with Gasteiger partial charge >= 0.3 is 6.18 Å². The van der Waals surface area contributed by atoms with E-state index in [1.54, 1.807) is 36.5 Å². The largest absolute Gasteiger partial charge is 0.416 e. The number of nitrogens with one attached hydrogen (secondary N) is 2. The summed E-state index contributed by atoms with van der Waals surface area (Å²) in [7, 11) is 0. The van der Waals surface area contributed by atoms with Gasteiger partial charge in [-0.25, -0.2) is 4.98 Å². The maximum atomic E-state index is 13.2. The first-order valence-corrected chi connectivity index (χ1v) is 13.4. The van der Waals surface area contributed by atoms with E-state index < -0.39 is 29.7 Å². The van der Waals surface area contributed by atoms with Crippen LogP contribution in [0.1, 0.15) is 41.5 Å². The Kier molecular flexibility index (Phi) is 8.21. The number of aromatic nitrogens is 1. The van der Waals surface area contributed by atoms with Crippen LogP contribution in [0.15, 0.2) is 79.0 Å². The average molecular weight is 563 g/mol. The third-order valence-corrected chi connectivity index (χ3v) is 7.16. The molecule has 212 valence electrons. The van der Waals surface area contributed by atoms with Crippen LogP contribution in [-0.4, -0.2) is 41.1 Å². The molecule has 0 spiro atoms. The van der Waals surface area contributed by atoms with Crippen molar-refractivity contribution in [3.8, 4) is 0 Å². The third-order valence-electron chi connectivity index (χ3n) is 7.16. The van der Waals surface area contributed by atoms with E-state index in [1.807, 2.05) is 6.07 Å². The normalized spacial score (nSPS) is 17.8. The van der Waals surface area contributed by atoms with Crippen LogP contribution in [0.2, 0.25) is 0 Å². The van der Waals surface area contributed by atoms with Gasteiger partial charge in [-0.1, -0.05) is 30.4 Å². The Labute approximate surface area is 235 Å². The van der Waals surface area contributed by atoms with Crippen molar-refractivity contribution in [2.75, 3.05) is 28.6 Å². The number of carbonyl (C=O) groups is 2. The highest BCUT2D eigenvalue weighted by Crippen LogP contribution is 2.33. The summed E-state index contributed by atoms with van der Waals surface area (Å²) < 4.78 is 39.6. The lowest BCUT2D eigenvalue weighted by Gasteiger charge is -2.28. The molecule has 1 atom stereocenters. The lowest BCUT2D eigenvalue weighted by molar-refractivity contribution is -0.137. The minimum absolute atomic E-state index is 0.0701. The number of hydrogen-bond acceptors (Lipinski definition) is 5. The van der Waals surface area contributed by atoms with Crippen LogP contribution in [0.4, 0.5) is 30.4 Å². The molecule has 1 aromatic heterocycles. The van der Waals surface area contributed by atoms with Gasteiger partial charge in [0.15, 0.2) is 0 Å². The second-order valence-corrected chi connectivity index (χ2v) is 10.00. The van der Waals surface area contributed by atoms with E-state index in [0.29, 0.717) is 28.1 Å². The first-order chi connectivity index (χ1) is 19.7. The highest BCUT2D eigenvalue weighted by molar-refractivity contribution is 6.03. The highest BCUT2D eigenvalue weighted by Gasteiger charge is 2.30. The van der Waals surface area contributed by atoms with Crippen LogP contribution in [0, 0.1) is 0 Å². The summed E-state index contributed by atoms with van der Waals surface area (Å²) in [5.41, 5.74) is 2.80. The van der Waals surface area contributed by atoms with Crippen molar-refractivity contribution < 1.29 is 27.9 Å². The first-order valence-electron chi connectivity index (χ1n) is 13.4. The number of aliphatic hydroxyl groups excluding tert-OH is 1. The molecule has 2 aliphatic heterocycles. The zero-order valence-electron chi connectivity index (χ0n) is 22.1. The number of halogens is 3. The number of alkyl halides is 3. The van der Waals surface area contributed by atoms with Gasteiger partial charge in [0.2, 0.25) is 5.91 Å². The molecule has 3 aromatic rings. The number of hydrogen-bond donors (Lipinski definition) is 3. The third kappa shape index (κ3) is 6.66. The monoisotopic (exact) mass is 562 g/mol. The summed E-state index contributed by atoms with van der Waals surface area (Å²) in [5, 5.41) is 15.3. The molecule has 1 unspecified atom stereocenters. The summed E-state index contributed by atoms with van der Waals surface area (Å²) in [6.45, 7) is 1.78. The molecule has 0 radical (unpaired) electrons. The van der Waals surface area contributed by atoms with Gasteiger partial charge < -0.3 is 20.6 Å². The lowest BCUT2D eigenvalue weighted by atomic mass is 9.96. The molecule has 5 rings (SSSR count). The Hall–Kier alpha value is -4.44. The number of allylic oxidation sites excluding steroid dienone is 2. The molecular weight excluding hydrogens is 533 g/mol. The van der Waals surface area contributed by atoms with E-state index in [4.69, 9.17) is 0 Å². The predicted octanol–water partition coefficient (Wildman–Crippen LogP) is 5.57. The molecule has 3 heterocycles. The van der Waals surface area contributed by atoms with Crippen molar-refractivity contribution in [1.82, 2.24) is 4.98 Å². The van der Waals surface area contributed by atoms with E-state index in [9.17, 15) is 27.9 Å². The molecule has 10 heteroatoms. The lowest BCUT2D eigenvalue weighted by Crippen LogP contribution is -2.34. The number of fused-ring (bicyclic) bond motifs is 1. The number of rotatable bonds is 6. The summed E-state index contributed by atoms with van der Waals surface area (Å²) in [4.78, 5) is 31.3. The SMILES string of the molecule is O=C(/C=C/C=C(\c1ccc(C(F)(F)F)cc1)c1ccnc(N2CCCCC2)c1)Nc1cccc2c1CC(O)C(=O)N2. The van der Waals surface area contributed by atoms with E-state index >= 15 is 0 Å². The van der Waals surface area contributed by atoms with E-state index in [2.05, 4.69) is 20.5 Å². The zero-order valence-corrected chi connectivity index (χ0v) is 22.1. The molecule has 41 heavy (non-hydrogen) atoms. The Balaban J connectivity index is 1.42. The van der Waals surface area contributed by atoms with Crippen LogP contribution in [-0.2, 0) is 22.2 Å². The second-order valence-electron chi connectivity index (χ2n) is 10.00. The van der Waals surface area contributed by atoms with Crippen LogP contribution in [0.3, 0.4) is 0 Å². The van der Waals surface area contributed by atoms with Gasteiger partial charge in [-0.15, -0.1) is 0 Å². The van der Waals surface area contributed by atoms with Crippen LogP contribution < -0.4 is 15.5 Å². The molecule has 0 bridgehead atoms. The Morgan fingerprint density at radius 3 is 2.54 bits per heavy atom. The van der Waals surface area contributed by atoms with Crippen molar-refractivity contribution in [2.24, 2.45) is 0 Å². The maximum Gasteiger partial charge on any atom is 0.416 e. The summed E-state index contributed by atoms with van der Waals surface area (Å²) in [6.07, 6.45) is 3.93. The summed E-state index contributed by atoms with van der Waals surface area (Å²) in [5.74, 6) is -0.150. The smallest absolute Gasteiger partial charge is 0.383 e. The number of aliphatic hydroxyl groups is 1. The summed E-state index contributed by atoms with van der Waals surface area (Å²) in [6, 6.07) is 13.7. The van der Waals surface area contributed by atoms with Gasteiger partial charge in [0, 0.05) is 48.7 Å². The zero-order chi connectivity index (χ0) is 29.0. The highest BCUT2D eigenvalue weighted by atomic mass is 19.4. The Bertz CT molecular complexity index is 1490. The molecular formula is C31H29F3N4O3. The minimum Gasteiger partial charge on any atom is -0.383 e. The molecule has 2 amide bonds. The predicted molar refractivity (Wildman–Crippen MR) is 151 cm³/mol. The van der Waals surface area contributed by atoms with Gasteiger partial charge in [0.05, 0.1) is 5.56 Å². The van der Waals surface area contributed by atoms with Crippen molar-refractivity contribution in [1.29, 1.82) is 0 Å². The fraction of sp³-hybridized carbons (Fsp3) is 0.258. The minimum atomic E-state index is -4.45. The Morgan fingerprint density at radius 1 is 1.05 bits per heavy atom. The van der Waals surface area contributed by atoms with E-state index in [-0.39, 0.29) is 6.42 Å². The summed E-state index contributed by atoms with van der Waals surface area (Å²) >= 11 is 0. The van der Waals surface area contributed by atoms with Gasteiger partial charge in [0.1, 0.15) is 11.9 Å². The van der Waals surface area contributed by atoms with Gasteiger partial charge in [0.25, 0.3) is 5.91 Å². The fourth-order valence-electron chi connectivity index (χ4n) is 5.03. The number of amides is 2. The molecule has 7 nitrogen and oxygen atoms in total. The van der Waals surface area contributed by atoms with Crippen molar-refractivity contribution in [3.63, 3.8) is 0 Å². The number of anilines is 3. The number of nitrogens with zero attached hydrogens (tertiary/aromatic N) is 2. The van der Waals surface area contributed by atoms with E-state index in [1.165, 1.54) is 30.7 Å². The molecule has 1 fully saturated rings. The second kappa shape index (κ2) is 12.0. The molecule has 3 N–H and O–H groups in total. The van der Waals surface area contributed by atoms with E-state index in [0.717, 1.165) is 49.4 Å². The number of piperidine rings is 1. The maximum absolute atomic E-state index is 13.2. The van der Waals surface area contributed by atoms with Crippen LogP contribution in [0.5, 0.6) is 0 Å². The molecule has 2 aliphatic rings. The number of benzene rings is 2. The molecule has 2 aromatic carbocycles. The van der Waals surface area contributed by atoms with Crippen molar-refractivity contribution >= 4 is 34.6 Å². The standard InChI is InChI=1S/C31H29F3N4O3/c32-31(33,34)22-12-10-20(11-13-22)23(21-14-15-35-28(18-21)38-16-2-1-3-17-38)6-4-9-29(40)36-25-7-5-8-26-24(25)19-27(39)30(41)37-26/h4-15,18,27,39H,1-3,16-17,19H2,(H,36,40)(H,37,41)/b9-4+,23-6+. The van der Waals surface area contributed by atoms with Gasteiger partial charge in [-0.3, -0.25) is 9.59 Å². The molecule has 1 saturated heterocycles. The van der Waals surface area contributed by atoms with Crippen molar-refractivity contribution in [2.45, 2.75) is 38.0 Å². The first kappa shape index (κ1) is 28.1. The van der Waals surface area contributed by atoms with Gasteiger partial charge in [-0.05, 0) is 72.4 Å². The quantitative estimate of drug-likeness (QED) is 0.270. The fourth-order valence-corrected chi connectivity index (χ4v) is 5.03. The van der Waals surface area contributed by atoms with Crippen molar-refractivity contribution in [3.05, 3.63) is 101 Å². The number of carbonyl (C=O) groups excluding carboxylic acids is 2. The number of pyridine rings is 1. The van der Waals surface area contributed by atoms with Crippen LogP contribution >= 0.6 is 0 Å². The Morgan fingerprint density at radius 2 is 1.80 bits per heavy atom. The van der Waals surface area contributed by atoms with Crippen LogP contribution in [0.25, 0.3) is 5.57 Å². The topological polar surface area (TPSA) is 94.6 Å².